The van der Waals surface area contributed by atoms with Gasteiger partial charge in [-0.05, 0) is 50.8 Å². The molecule has 0 radical (unpaired) electrons. The van der Waals surface area contributed by atoms with E-state index in [4.69, 9.17) is 0 Å². The lowest BCUT2D eigenvalue weighted by atomic mass is 10.0. The van der Waals surface area contributed by atoms with Gasteiger partial charge >= 0.3 is 0 Å². The van der Waals surface area contributed by atoms with Crippen LogP contribution in [0.1, 0.15) is 43.4 Å². The zero-order valence-electron chi connectivity index (χ0n) is 11.9. The lowest BCUT2D eigenvalue weighted by Crippen LogP contribution is -2.44. The minimum atomic E-state index is 0.694. The molecule has 1 saturated heterocycles. The van der Waals surface area contributed by atoms with E-state index < -0.39 is 0 Å². The molecule has 3 nitrogen and oxygen atoms in total. The van der Waals surface area contributed by atoms with Crippen LogP contribution in [0.3, 0.4) is 0 Å². The maximum absolute atomic E-state index is 4.56. The molecule has 2 aliphatic rings. The molecule has 0 aromatic carbocycles. The van der Waals surface area contributed by atoms with Crippen LogP contribution < -0.4 is 5.32 Å². The fourth-order valence-corrected chi connectivity index (χ4v) is 2.95. The molecule has 3 heteroatoms. The second kappa shape index (κ2) is 6.02. The largest absolute Gasteiger partial charge is 0.313 e. The van der Waals surface area contributed by atoms with Crippen molar-refractivity contribution in [1.82, 2.24) is 15.2 Å². The average Bonchev–Trinajstić information content (AvgIpc) is 3.26. The first kappa shape index (κ1) is 13.1. The Labute approximate surface area is 116 Å². The Balaban J connectivity index is 1.59. The van der Waals surface area contributed by atoms with E-state index in [0.717, 1.165) is 12.6 Å². The number of aromatic nitrogens is 1. The Morgan fingerprint density at radius 1 is 1.26 bits per heavy atom. The molecule has 1 aliphatic carbocycles. The van der Waals surface area contributed by atoms with E-state index in [0.29, 0.717) is 6.04 Å². The van der Waals surface area contributed by atoms with E-state index in [1.807, 2.05) is 6.20 Å². The number of piperidine rings is 1. The summed E-state index contributed by atoms with van der Waals surface area (Å²) in [6, 6.07) is 5.86. The molecule has 1 saturated carbocycles. The van der Waals surface area contributed by atoms with Crippen molar-refractivity contribution in [1.29, 1.82) is 0 Å². The third-order valence-electron chi connectivity index (χ3n) is 4.27. The molecule has 2 fully saturated rings. The maximum Gasteiger partial charge on any atom is 0.0544 e. The normalized spacial score (nSPS) is 23.8. The molecule has 1 N–H and O–H groups in total. The lowest BCUT2D eigenvalue weighted by Gasteiger charge is -2.30. The van der Waals surface area contributed by atoms with Gasteiger partial charge in [0.2, 0.25) is 0 Å². The first-order valence-corrected chi connectivity index (χ1v) is 7.70. The predicted molar refractivity (Wildman–Crippen MR) is 78.0 cm³/mol. The molecule has 0 spiro atoms. The van der Waals surface area contributed by atoms with Gasteiger partial charge in [-0.2, -0.15) is 0 Å². The van der Waals surface area contributed by atoms with Crippen LogP contribution in [0.2, 0.25) is 0 Å². The summed E-state index contributed by atoms with van der Waals surface area (Å²) in [5.41, 5.74) is 2.46. The van der Waals surface area contributed by atoms with Crippen molar-refractivity contribution >= 4 is 0 Å². The van der Waals surface area contributed by atoms with Crippen molar-refractivity contribution in [3.05, 3.63) is 29.6 Å². The monoisotopic (exact) mass is 259 g/mol. The van der Waals surface area contributed by atoms with Crippen LogP contribution in [-0.4, -0.2) is 35.1 Å². The predicted octanol–water partition coefficient (Wildman–Crippen LogP) is 2.50. The molecule has 3 rings (SSSR count). The minimum Gasteiger partial charge on any atom is -0.313 e. The number of pyridine rings is 1. The summed E-state index contributed by atoms with van der Waals surface area (Å²) >= 11 is 0. The SMILES string of the molecule is Cc1ccc(CN(CC2CCCCN2)C2CC2)nc1. The molecule has 0 bridgehead atoms. The van der Waals surface area contributed by atoms with Crippen LogP contribution in [0.15, 0.2) is 18.3 Å². The summed E-state index contributed by atoms with van der Waals surface area (Å²) in [5.74, 6) is 0. The van der Waals surface area contributed by atoms with Crippen LogP contribution in [0.5, 0.6) is 0 Å². The summed E-state index contributed by atoms with van der Waals surface area (Å²) in [6.45, 7) is 5.51. The summed E-state index contributed by atoms with van der Waals surface area (Å²) < 4.78 is 0. The standard InChI is InChI=1S/C16H25N3/c1-13-5-6-15(18-10-13)12-19(16-7-8-16)11-14-4-2-3-9-17-14/h5-6,10,14,16-17H,2-4,7-9,11-12H2,1H3. The summed E-state index contributed by atoms with van der Waals surface area (Å²) in [4.78, 5) is 7.20. The van der Waals surface area contributed by atoms with Crippen molar-refractivity contribution in [3.8, 4) is 0 Å². The topological polar surface area (TPSA) is 28.2 Å². The first-order valence-electron chi connectivity index (χ1n) is 7.70. The molecule has 1 aromatic heterocycles. The number of aryl methyl sites for hydroxylation is 1. The third kappa shape index (κ3) is 3.77. The van der Waals surface area contributed by atoms with Gasteiger partial charge in [0.25, 0.3) is 0 Å². The zero-order valence-corrected chi connectivity index (χ0v) is 11.9. The number of nitrogens with one attached hydrogen (secondary N) is 1. The highest BCUT2D eigenvalue weighted by atomic mass is 15.2. The number of hydrogen-bond donors (Lipinski definition) is 1. The number of rotatable bonds is 5. The smallest absolute Gasteiger partial charge is 0.0544 e. The summed E-state index contributed by atoms with van der Waals surface area (Å²) in [5, 5.41) is 3.67. The van der Waals surface area contributed by atoms with Gasteiger partial charge in [-0.15, -0.1) is 0 Å². The Bertz CT molecular complexity index is 391. The second-order valence-electron chi connectivity index (χ2n) is 6.13. The van der Waals surface area contributed by atoms with Crippen molar-refractivity contribution in [2.75, 3.05) is 13.1 Å². The molecule has 0 amide bonds. The quantitative estimate of drug-likeness (QED) is 0.880. The van der Waals surface area contributed by atoms with Gasteiger partial charge in [-0.1, -0.05) is 12.5 Å². The van der Waals surface area contributed by atoms with Crippen LogP contribution in [-0.2, 0) is 6.54 Å². The first-order chi connectivity index (χ1) is 9.31. The highest BCUT2D eigenvalue weighted by Gasteiger charge is 2.31. The van der Waals surface area contributed by atoms with Crippen molar-refractivity contribution in [3.63, 3.8) is 0 Å². The van der Waals surface area contributed by atoms with E-state index in [-0.39, 0.29) is 0 Å². The van der Waals surface area contributed by atoms with Crippen molar-refractivity contribution in [2.45, 2.75) is 57.7 Å². The molecule has 1 aromatic rings. The van der Waals surface area contributed by atoms with E-state index in [1.165, 1.54) is 56.5 Å². The van der Waals surface area contributed by atoms with Crippen LogP contribution in [0.25, 0.3) is 0 Å². The average molecular weight is 259 g/mol. The third-order valence-corrected chi connectivity index (χ3v) is 4.27. The summed E-state index contributed by atoms with van der Waals surface area (Å²) in [6.07, 6.45) is 8.80. The fourth-order valence-electron chi connectivity index (χ4n) is 2.95. The van der Waals surface area contributed by atoms with E-state index in [9.17, 15) is 0 Å². The Hall–Kier alpha value is -0.930. The maximum atomic E-state index is 4.56. The molecule has 1 unspecified atom stereocenters. The van der Waals surface area contributed by atoms with Gasteiger partial charge in [-0.3, -0.25) is 9.88 Å². The van der Waals surface area contributed by atoms with Crippen molar-refractivity contribution < 1.29 is 0 Å². The zero-order chi connectivity index (χ0) is 13.1. The lowest BCUT2D eigenvalue weighted by molar-refractivity contribution is 0.206. The molecular formula is C16H25N3. The van der Waals surface area contributed by atoms with Gasteiger partial charge in [-0.25, -0.2) is 0 Å². The van der Waals surface area contributed by atoms with Gasteiger partial charge in [0.05, 0.1) is 5.69 Å². The highest BCUT2D eigenvalue weighted by molar-refractivity contribution is 5.12. The van der Waals surface area contributed by atoms with Gasteiger partial charge in [0, 0.05) is 31.4 Å². The van der Waals surface area contributed by atoms with Crippen molar-refractivity contribution in [2.24, 2.45) is 0 Å². The van der Waals surface area contributed by atoms with Gasteiger partial charge in [0.1, 0.15) is 0 Å². The molecule has 104 valence electrons. The van der Waals surface area contributed by atoms with E-state index in [1.54, 1.807) is 0 Å². The Kier molecular flexibility index (Phi) is 4.14. The Morgan fingerprint density at radius 3 is 2.79 bits per heavy atom. The number of nitrogens with zero attached hydrogens (tertiary/aromatic N) is 2. The van der Waals surface area contributed by atoms with E-state index in [2.05, 4.69) is 34.3 Å². The van der Waals surface area contributed by atoms with E-state index >= 15 is 0 Å². The Morgan fingerprint density at radius 2 is 2.16 bits per heavy atom. The van der Waals surface area contributed by atoms with Gasteiger partial charge < -0.3 is 5.32 Å². The minimum absolute atomic E-state index is 0.694. The van der Waals surface area contributed by atoms with Gasteiger partial charge in [0.15, 0.2) is 0 Å². The fraction of sp³-hybridized carbons (Fsp3) is 0.688. The highest BCUT2D eigenvalue weighted by Crippen LogP contribution is 2.28. The van der Waals surface area contributed by atoms with Crippen LogP contribution in [0.4, 0.5) is 0 Å². The molecule has 19 heavy (non-hydrogen) atoms. The summed E-state index contributed by atoms with van der Waals surface area (Å²) in [7, 11) is 0. The second-order valence-corrected chi connectivity index (χ2v) is 6.13. The molecule has 1 atom stereocenters. The molecular weight excluding hydrogens is 234 g/mol. The number of hydrogen-bond acceptors (Lipinski definition) is 3. The molecule has 1 aliphatic heterocycles. The van der Waals surface area contributed by atoms with Crippen LogP contribution >= 0.6 is 0 Å². The van der Waals surface area contributed by atoms with Crippen LogP contribution in [0, 0.1) is 6.92 Å². The molecule has 2 heterocycles.